The summed E-state index contributed by atoms with van der Waals surface area (Å²) in [4.78, 5) is 11.4. The van der Waals surface area contributed by atoms with Gasteiger partial charge in [0.25, 0.3) is 0 Å². The van der Waals surface area contributed by atoms with Crippen molar-refractivity contribution in [3.63, 3.8) is 0 Å². The van der Waals surface area contributed by atoms with Gasteiger partial charge in [-0.2, -0.15) is 0 Å². The standard InChI is InChI=1S/C8H11N3OS2/c1-2-13-8-11-10-7(14-8)9-6(12)5-3-4-5/h5H,2-4H2,1H3,(H,9,10,12). The van der Waals surface area contributed by atoms with E-state index >= 15 is 0 Å². The molecule has 1 fully saturated rings. The molecule has 1 aromatic heterocycles. The molecule has 0 radical (unpaired) electrons. The van der Waals surface area contributed by atoms with Gasteiger partial charge in [0, 0.05) is 5.92 Å². The Hall–Kier alpha value is -0.620. The summed E-state index contributed by atoms with van der Waals surface area (Å²) in [6.45, 7) is 2.06. The first-order valence-electron chi connectivity index (χ1n) is 4.56. The van der Waals surface area contributed by atoms with E-state index in [2.05, 4.69) is 22.4 Å². The Bertz CT molecular complexity index is 335. The van der Waals surface area contributed by atoms with Crippen molar-refractivity contribution in [1.29, 1.82) is 0 Å². The second-order valence-electron chi connectivity index (χ2n) is 3.07. The van der Waals surface area contributed by atoms with E-state index in [0.717, 1.165) is 22.9 Å². The van der Waals surface area contributed by atoms with Gasteiger partial charge in [0.2, 0.25) is 11.0 Å². The number of thioether (sulfide) groups is 1. The van der Waals surface area contributed by atoms with Crippen molar-refractivity contribution in [2.75, 3.05) is 11.1 Å². The summed E-state index contributed by atoms with van der Waals surface area (Å²) in [5.41, 5.74) is 0. The van der Waals surface area contributed by atoms with Crippen LogP contribution in [0.4, 0.5) is 5.13 Å². The van der Waals surface area contributed by atoms with Gasteiger partial charge in [0.1, 0.15) is 0 Å². The van der Waals surface area contributed by atoms with Crippen molar-refractivity contribution < 1.29 is 4.79 Å². The van der Waals surface area contributed by atoms with E-state index in [4.69, 9.17) is 0 Å². The van der Waals surface area contributed by atoms with Gasteiger partial charge in [-0.1, -0.05) is 30.0 Å². The summed E-state index contributed by atoms with van der Waals surface area (Å²) < 4.78 is 0.915. The van der Waals surface area contributed by atoms with E-state index < -0.39 is 0 Å². The molecule has 0 unspecified atom stereocenters. The van der Waals surface area contributed by atoms with Crippen LogP contribution in [0.25, 0.3) is 0 Å². The molecule has 0 saturated heterocycles. The Morgan fingerprint density at radius 2 is 2.43 bits per heavy atom. The lowest BCUT2D eigenvalue weighted by atomic mass is 10.4. The summed E-state index contributed by atoms with van der Waals surface area (Å²) >= 11 is 3.08. The highest BCUT2D eigenvalue weighted by Gasteiger charge is 2.30. The van der Waals surface area contributed by atoms with Crippen molar-refractivity contribution in [3.05, 3.63) is 0 Å². The van der Waals surface area contributed by atoms with E-state index in [9.17, 15) is 4.79 Å². The molecular formula is C8H11N3OS2. The molecule has 0 bridgehead atoms. The highest BCUT2D eigenvalue weighted by atomic mass is 32.2. The fraction of sp³-hybridized carbons (Fsp3) is 0.625. The van der Waals surface area contributed by atoms with E-state index in [1.54, 1.807) is 11.8 Å². The maximum absolute atomic E-state index is 11.4. The molecule has 4 nitrogen and oxygen atoms in total. The number of amides is 1. The molecule has 2 rings (SSSR count). The highest BCUT2D eigenvalue weighted by Crippen LogP contribution is 2.31. The topological polar surface area (TPSA) is 54.9 Å². The van der Waals surface area contributed by atoms with Crippen LogP contribution >= 0.6 is 23.1 Å². The molecule has 1 aliphatic carbocycles. The maximum atomic E-state index is 11.4. The first-order valence-corrected chi connectivity index (χ1v) is 6.37. The fourth-order valence-corrected chi connectivity index (χ4v) is 2.65. The molecule has 1 amide bonds. The minimum Gasteiger partial charge on any atom is -0.300 e. The van der Waals surface area contributed by atoms with E-state index in [0.29, 0.717) is 5.13 Å². The predicted octanol–water partition coefficient (Wildman–Crippen LogP) is 2.00. The zero-order valence-corrected chi connectivity index (χ0v) is 9.45. The molecule has 0 spiro atoms. The minimum atomic E-state index is 0.0919. The Balaban J connectivity index is 1.91. The first kappa shape index (κ1) is 9.92. The van der Waals surface area contributed by atoms with Gasteiger partial charge >= 0.3 is 0 Å². The average molecular weight is 229 g/mol. The van der Waals surface area contributed by atoms with Crippen LogP contribution in [0.3, 0.4) is 0 Å². The van der Waals surface area contributed by atoms with Gasteiger partial charge in [0.05, 0.1) is 0 Å². The summed E-state index contributed by atoms with van der Waals surface area (Å²) in [5, 5.41) is 11.3. The average Bonchev–Trinajstić information content (AvgIpc) is 2.92. The van der Waals surface area contributed by atoms with Gasteiger partial charge < -0.3 is 5.32 Å². The number of hydrogen-bond acceptors (Lipinski definition) is 5. The molecule has 0 aromatic carbocycles. The third kappa shape index (κ3) is 2.45. The van der Waals surface area contributed by atoms with Crippen molar-refractivity contribution in [3.8, 4) is 0 Å². The van der Waals surface area contributed by atoms with E-state index in [-0.39, 0.29) is 11.8 Å². The van der Waals surface area contributed by atoms with Crippen LogP contribution < -0.4 is 5.32 Å². The van der Waals surface area contributed by atoms with Crippen LogP contribution in [-0.4, -0.2) is 21.9 Å². The number of nitrogens with one attached hydrogen (secondary N) is 1. The van der Waals surface area contributed by atoms with Crippen LogP contribution in [0.2, 0.25) is 0 Å². The number of rotatable bonds is 4. The maximum Gasteiger partial charge on any atom is 0.229 e. The van der Waals surface area contributed by atoms with Gasteiger partial charge in [-0.25, -0.2) is 0 Å². The predicted molar refractivity (Wildman–Crippen MR) is 57.7 cm³/mol. The summed E-state index contributed by atoms with van der Waals surface area (Å²) in [6.07, 6.45) is 2.03. The lowest BCUT2D eigenvalue weighted by Gasteiger charge is -1.95. The number of carbonyl (C=O) groups excluding carboxylic acids is 1. The van der Waals surface area contributed by atoms with Crippen LogP contribution in [0.15, 0.2) is 4.34 Å². The van der Waals surface area contributed by atoms with Crippen LogP contribution in [-0.2, 0) is 4.79 Å². The SMILES string of the molecule is CCSc1nnc(NC(=O)C2CC2)s1. The zero-order chi connectivity index (χ0) is 9.97. The number of carbonyl (C=O) groups is 1. The van der Waals surface area contributed by atoms with Crippen molar-refractivity contribution >= 4 is 34.1 Å². The molecule has 6 heteroatoms. The lowest BCUT2D eigenvalue weighted by Crippen LogP contribution is -2.12. The van der Waals surface area contributed by atoms with Gasteiger partial charge in [-0.3, -0.25) is 4.79 Å². The van der Waals surface area contributed by atoms with Gasteiger partial charge in [-0.05, 0) is 18.6 Å². The third-order valence-corrected chi connectivity index (χ3v) is 3.71. The first-order chi connectivity index (χ1) is 6.79. The molecule has 1 heterocycles. The third-order valence-electron chi connectivity index (χ3n) is 1.85. The summed E-state index contributed by atoms with van der Waals surface area (Å²) in [6, 6.07) is 0. The van der Waals surface area contributed by atoms with E-state index in [1.807, 2.05) is 0 Å². The van der Waals surface area contributed by atoms with Gasteiger partial charge in [0.15, 0.2) is 4.34 Å². The van der Waals surface area contributed by atoms with Crippen LogP contribution in [0.5, 0.6) is 0 Å². The van der Waals surface area contributed by atoms with Crippen molar-refractivity contribution in [1.82, 2.24) is 10.2 Å². The van der Waals surface area contributed by atoms with Crippen LogP contribution in [0, 0.1) is 5.92 Å². The van der Waals surface area contributed by atoms with Gasteiger partial charge in [-0.15, -0.1) is 10.2 Å². The number of hydrogen-bond donors (Lipinski definition) is 1. The number of aromatic nitrogens is 2. The Labute approximate surface area is 90.5 Å². The molecular weight excluding hydrogens is 218 g/mol. The molecule has 1 saturated carbocycles. The minimum absolute atomic E-state index is 0.0919. The zero-order valence-electron chi connectivity index (χ0n) is 7.82. The Morgan fingerprint density at radius 1 is 1.64 bits per heavy atom. The van der Waals surface area contributed by atoms with Crippen molar-refractivity contribution in [2.45, 2.75) is 24.1 Å². The molecule has 1 aromatic rings. The molecule has 76 valence electrons. The monoisotopic (exact) mass is 229 g/mol. The number of anilines is 1. The molecule has 1 aliphatic rings. The molecule has 14 heavy (non-hydrogen) atoms. The van der Waals surface area contributed by atoms with Crippen molar-refractivity contribution in [2.24, 2.45) is 5.92 Å². The Morgan fingerprint density at radius 3 is 3.07 bits per heavy atom. The normalized spacial score (nSPS) is 15.5. The summed E-state index contributed by atoms with van der Waals surface area (Å²) in [7, 11) is 0. The summed E-state index contributed by atoms with van der Waals surface area (Å²) in [5.74, 6) is 1.29. The van der Waals surface area contributed by atoms with Crippen LogP contribution in [0.1, 0.15) is 19.8 Å². The lowest BCUT2D eigenvalue weighted by molar-refractivity contribution is -0.117. The number of nitrogens with zero attached hydrogens (tertiary/aromatic N) is 2. The molecule has 1 N–H and O–H groups in total. The smallest absolute Gasteiger partial charge is 0.229 e. The Kier molecular flexibility index (Phi) is 3.02. The fourth-order valence-electron chi connectivity index (χ4n) is 0.995. The molecule has 0 atom stereocenters. The second kappa shape index (κ2) is 4.27. The quantitative estimate of drug-likeness (QED) is 0.633. The van der Waals surface area contributed by atoms with E-state index in [1.165, 1.54) is 11.3 Å². The second-order valence-corrected chi connectivity index (χ2v) is 5.56. The molecule has 0 aliphatic heterocycles. The highest BCUT2D eigenvalue weighted by molar-refractivity contribution is 8.01. The largest absolute Gasteiger partial charge is 0.300 e.